The van der Waals surface area contributed by atoms with E-state index in [1.807, 2.05) is 125 Å². The molecule has 0 radical (unpaired) electrons. The summed E-state index contributed by atoms with van der Waals surface area (Å²) < 4.78 is 6.87. The van der Waals surface area contributed by atoms with Gasteiger partial charge in [0, 0.05) is 45.5 Å². The zero-order valence-electron chi connectivity index (χ0n) is 42.8. The van der Waals surface area contributed by atoms with Crippen LogP contribution < -0.4 is 20.8 Å². The van der Waals surface area contributed by atoms with Crippen molar-refractivity contribution in [2.75, 3.05) is 13.2 Å². The van der Waals surface area contributed by atoms with E-state index in [2.05, 4.69) is 26.1 Å². The van der Waals surface area contributed by atoms with Gasteiger partial charge >= 0.3 is 0 Å². The molecule has 0 spiro atoms. The van der Waals surface area contributed by atoms with E-state index in [0.717, 1.165) is 84.6 Å². The highest BCUT2D eigenvalue weighted by Crippen LogP contribution is 2.46. The number of aryl methyl sites for hydroxylation is 1. The first-order chi connectivity index (χ1) is 36.0. The van der Waals surface area contributed by atoms with E-state index < -0.39 is 23.6 Å². The summed E-state index contributed by atoms with van der Waals surface area (Å²) in [6, 6.07) is 32.8. The maximum absolute atomic E-state index is 14.1. The number of amides is 4. The van der Waals surface area contributed by atoms with Crippen LogP contribution in [0.25, 0.3) is 42.1 Å². The fourth-order valence-electron chi connectivity index (χ4n) is 9.24. The standard InChI is InChI=1S/C59H64N6O8S2/c1-36(39-17-19-40(20-18-39)53-37(2)60-35-74-53)62-57(71)49-31-46(68)34-65(49)58(72)55(59(3,4)5)63-51(69)14-9-7-6-8-10-29-73-47-26-15-38(16-27-47)33-61-64-56(70)43-13-11-12-42(30-43)52-48-28-25-45(67)32-50(48)75-54(52)41-21-23-44(66)24-22-41/h11-13,15-28,30,32-33,35-36,46,49,55,66-68H,6-10,14,29,31,34H2,1-5H3,(H,62,71)(H,63,69)(H,64,70). The lowest BCUT2D eigenvalue weighted by Crippen LogP contribution is -2.57. The third-order valence-electron chi connectivity index (χ3n) is 13.4. The van der Waals surface area contributed by atoms with Gasteiger partial charge in [-0.3, -0.25) is 19.2 Å². The molecule has 1 fully saturated rings. The van der Waals surface area contributed by atoms with Crippen molar-refractivity contribution in [3.05, 3.63) is 143 Å². The van der Waals surface area contributed by atoms with Crippen molar-refractivity contribution in [3.63, 3.8) is 0 Å². The van der Waals surface area contributed by atoms with Crippen LogP contribution >= 0.6 is 22.7 Å². The van der Waals surface area contributed by atoms with Gasteiger partial charge in [0.1, 0.15) is 29.3 Å². The minimum absolute atomic E-state index is 0.0102. The smallest absolute Gasteiger partial charge is 0.271 e. The Morgan fingerprint density at radius 2 is 1.52 bits per heavy atom. The second-order valence-electron chi connectivity index (χ2n) is 20.1. The molecule has 3 heterocycles. The Balaban J connectivity index is 0.740. The van der Waals surface area contributed by atoms with E-state index in [1.165, 1.54) is 16.2 Å². The zero-order chi connectivity index (χ0) is 53.2. The van der Waals surface area contributed by atoms with Gasteiger partial charge in [-0.25, -0.2) is 10.4 Å². The third-order valence-corrected chi connectivity index (χ3v) is 15.5. The number of hydrogen-bond donors (Lipinski definition) is 6. The first-order valence-corrected chi connectivity index (χ1v) is 27.0. The van der Waals surface area contributed by atoms with Crippen LogP contribution in [0, 0.1) is 12.3 Å². The fourth-order valence-corrected chi connectivity index (χ4v) is 11.3. The Labute approximate surface area is 445 Å². The number of unbranched alkanes of at least 4 members (excludes halogenated alkanes) is 4. The molecular weight excluding hydrogens is 985 g/mol. The number of hydrazone groups is 1. The molecule has 14 nitrogen and oxygen atoms in total. The number of nitrogens with zero attached hydrogens (tertiary/aromatic N) is 3. The number of aliphatic hydroxyl groups excluding tert-OH is 1. The monoisotopic (exact) mass is 1050 g/mol. The minimum atomic E-state index is -0.884. The Morgan fingerprint density at radius 3 is 2.24 bits per heavy atom. The van der Waals surface area contributed by atoms with E-state index >= 15 is 0 Å². The van der Waals surface area contributed by atoms with Gasteiger partial charge in [0.05, 0.1) is 41.0 Å². The van der Waals surface area contributed by atoms with Crippen LogP contribution in [-0.4, -0.2) is 86.4 Å². The van der Waals surface area contributed by atoms with Crippen LogP contribution in [0.5, 0.6) is 17.2 Å². The molecule has 16 heteroatoms. The maximum Gasteiger partial charge on any atom is 0.271 e. The molecule has 5 aromatic carbocycles. The predicted octanol–water partition coefficient (Wildman–Crippen LogP) is 10.9. The number of carbonyl (C=O) groups excluding carboxylic acids is 4. The normalized spacial score (nSPS) is 15.5. The highest BCUT2D eigenvalue weighted by molar-refractivity contribution is 7.23. The van der Waals surface area contributed by atoms with Gasteiger partial charge < -0.3 is 35.6 Å². The number of aromatic hydroxyl groups is 2. The number of likely N-dealkylation sites (tertiary alicyclic amines) is 1. The number of carbonyl (C=O) groups is 4. The van der Waals surface area contributed by atoms with Gasteiger partial charge in [0.15, 0.2) is 0 Å². The lowest BCUT2D eigenvalue weighted by Gasteiger charge is -2.35. The lowest BCUT2D eigenvalue weighted by atomic mass is 9.85. The molecule has 4 unspecified atom stereocenters. The molecule has 1 aliphatic rings. The van der Waals surface area contributed by atoms with Crippen LogP contribution in [0.2, 0.25) is 0 Å². The molecule has 0 saturated carbocycles. The Hall–Kier alpha value is -7.40. The highest BCUT2D eigenvalue weighted by Gasteiger charge is 2.44. The first-order valence-electron chi connectivity index (χ1n) is 25.3. The van der Waals surface area contributed by atoms with E-state index in [0.29, 0.717) is 24.3 Å². The number of rotatable bonds is 20. The molecule has 8 rings (SSSR count). The van der Waals surface area contributed by atoms with Crippen LogP contribution in [0.3, 0.4) is 0 Å². The summed E-state index contributed by atoms with van der Waals surface area (Å²) in [5.74, 6) is -0.287. The largest absolute Gasteiger partial charge is 0.508 e. The minimum Gasteiger partial charge on any atom is -0.508 e. The summed E-state index contributed by atoms with van der Waals surface area (Å²) in [6.45, 7) is 10.0. The number of ether oxygens (including phenoxy) is 1. The molecule has 4 atom stereocenters. The van der Waals surface area contributed by atoms with Crippen molar-refractivity contribution in [2.24, 2.45) is 10.5 Å². The highest BCUT2D eigenvalue weighted by atomic mass is 32.1. The first kappa shape index (κ1) is 53.9. The molecule has 75 heavy (non-hydrogen) atoms. The fraction of sp³-hybridized carbons (Fsp3) is 0.322. The summed E-state index contributed by atoms with van der Waals surface area (Å²) in [7, 11) is 0. The predicted molar refractivity (Wildman–Crippen MR) is 297 cm³/mol. The maximum atomic E-state index is 14.1. The Kier molecular flexibility index (Phi) is 17.5. The summed E-state index contributed by atoms with van der Waals surface area (Å²) in [6.07, 6.45) is 5.25. The van der Waals surface area contributed by atoms with Gasteiger partial charge in [-0.2, -0.15) is 5.10 Å². The average Bonchev–Trinajstić information content (AvgIpc) is 4.13. The summed E-state index contributed by atoms with van der Waals surface area (Å²) in [5.41, 5.74) is 10.6. The number of nitrogens with one attached hydrogen (secondary N) is 3. The number of hydrogen-bond acceptors (Lipinski definition) is 12. The topological polar surface area (TPSA) is 203 Å². The number of aliphatic hydroxyl groups is 1. The summed E-state index contributed by atoms with van der Waals surface area (Å²) in [5, 5.41) is 41.9. The Bertz CT molecular complexity index is 3150. The van der Waals surface area contributed by atoms with Gasteiger partial charge in [0.25, 0.3) is 5.91 Å². The zero-order valence-corrected chi connectivity index (χ0v) is 44.5. The average molecular weight is 1050 g/mol. The number of benzene rings is 5. The molecule has 6 N–H and O–H groups in total. The van der Waals surface area contributed by atoms with Crippen LogP contribution in [-0.2, 0) is 14.4 Å². The molecule has 390 valence electrons. The molecule has 4 amide bonds. The lowest BCUT2D eigenvalue weighted by molar-refractivity contribution is -0.144. The van der Waals surface area contributed by atoms with Crippen molar-refractivity contribution in [1.29, 1.82) is 0 Å². The second-order valence-corrected chi connectivity index (χ2v) is 22.0. The second kappa shape index (κ2) is 24.3. The van der Waals surface area contributed by atoms with E-state index in [9.17, 15) is 34.5 Å². The van der Waals surface area contributed by atoms with Crippen molar-refractivity contribution < 1.29 is 39.2 Å². The molecule has 2 aromatic heterocycles. The van der Waals surface area contributed by atoms with Gasteiger partial charge in [-0.15, -0.1) is 22.7 Å². The number of phenols is 2. The summed E-state index contributed by atoms with van der Waals surface area (Å²) in [4.78, 5) is 62.1. The van der Waals surface area contributed by atoms with Crippen molar-refractivity contribution in [3.8, 4) is 49.3 Å². The molecule has 7 aromatic rings. The SMILES string of the molecule is Cc1ncsc1-c1ccc(C(C)NC(=O)C2CC(O)CN2C(=O)C(NC(=O)CCCCCCCOc2ccc(C=NNC(=O)c3cccc(-c4c(-c5ccc(O)cc5)sc5cc(O)ccc45)c3)cc2)C(C)(C)C)cc1. The molecule has 1 aliphatic heterocycles. The number of thiophene rings is 1. The number of β-amino-alcohol motifs (C(OH)–C–C–N with tert-alkyl or cyclic N) is 1. The number of fused-ring (bicyclic) bond motifs is 1. The van der Waals surface area contributed by atoms with Crippen molar-refractivity contribution in [2.45, 2.75) is 104 Å². The summed E-state index contributed by atoms with van der Waals surface area (Å²) >= 11 is 3.11. The van der Waals surface area contributed by atoms with Gasteiger partial charge in [-0.05, 0) is 139 Å². The third kappa shape index (κ3) is 13.7. The molecular formula is C59H64N6O8S2. The van der Waals surface area contributed by atoms with E-state index in [-0.39, 0.29) is 60.6 Å². The quantitative estimate of drug-likeness (QED) is 0.0244. The van der Waals surface area contributed by atoms with Crippen molar-refractivity contribution in [1.82, 2.24) is 25.9 Å². The van der Waals surface area contributed by atoms with Gasteiger partial charge in [-0.1, -0.05) is 76.4 Å². The van der Waals surface area contributed by atoms with E-state index in [1.54, 1.807) is 47.9 Å². The number of aromatic nitrogens is 1. The number of thiazole rings is 1. The number of phenolic OH excluding ortho intramolecular Hbond substituents is 2. The van der Waals surface area contributed by atoms with Crippen LogP contribution in [0.1, 0.15) is 106 Å². The molecule has 0 aliphatic carbocycles. The van der Waals surface area contributed by atoms with E-state index in [4.69, 9.17) is 4.74 Å². The molecule has 1 saturated heterocycles. The van der Waals surface area contributed by atoms with Gasteiger partial charge in [0.2, 0.25) is 17.7 Å². The molecule has 0 bridgehead atoms. The van der Waals surface area contributed by atoms with Crippen molar-refractivity contribution >= 4 is 62.6 Å². The van der Waals surface area contributed by atoms with Crippen LogP contribution in [0.4, 0.5) is 0 Å². The van der Waals surface area contributed by atoms with Crippen LogP contribution in [0.15, 0.2) is 126 Å². The Morgan fingerprint density at radius 1 is 0.827 bits per heavy atom.